The van der Waals surface area contributed by atoms with Gasteiger partial charge in [-0.25, -0.2) is 9.97 Å². The lowest BCUT2D eigenvalue weighted by Crippen LogP contribution is -2.12. The van der Waals surface area contributed by atoms with Crippen LogP contribution < -0.4 is 10.9 Å². The number of nitro groups is 1. The molecule has 0 spiro atoms. The van der Waals surface area contributed by atoms with Crippen molar-refractivity contribution in [3.05, 3.63) is 58.6 Å². The summed E-state index contributed by atoms with van der Waals surface area (Å²) in [4.78, 5) is 19.5. The number of tetrazole rings is 1. The summed E-state index contributed by atoms with van der Waals surface area (Å²) in [5.41, 5.74) is 9.68. The van der Waals surface area contributed by atoms with Crippen LogP contribution in [0.25, 0.3) is 27.8 Å². The number of hydrogen-bond donors (Lipinski definition) is 2. The maximum Gasteiger partial charge on any atom is 0.269 e. The van der Waals surface area contributed by atoms with E-state index in [1.807, 2.05) is 24.3 Å². The first-order chi connectivity index (χ1) is 13.7. The Bertz CT molecular complexity index is 1350. The standard InChI is InChI=1S/C16H10N10O2/c27-26(28)10-7-5-9(6-8-10)19-20-14-13-15(22-25-16(14)21-23-24-25)18-12-4-2-1-3-11(12)17-13/h1-8,19-20H. The number of para-hydroxylation sites is 2. The van der Waals surface area contributed by atoms with Crippen molar-refractivity contribution in [2.45, 2.75) is 0 Å². The van der Waals surface area contributed by atoms with Gasteiger partial charge in [0, 0.05) is 12.1 Å². The van der Waals surface area contributed by atoms with Crippen molar-refractivity contribution >= 4 is 44.9 Å². The number of benzene rings is 2. The van der Waals surface area contributed by atoms with Crippen LogP contribution in [0.4, 0.5) is 17.1 Å². The predicted octanol–water partition coefficient (Wildman–Crippen LogP) is 1.96. The van der Waals surface area contributed by atoms with Gasteiger partial charge in [-0.15, -0.1) is 14.8 Å². The number of non-ortho nitro benzene ring substituents is 1. The van der Waals surface area contributed by atoms with Crippen molar-refractivity contribution in [2.24, 2.45) is 0 Å². The number of hydrazine groups is 1. The van der Waals surface area contributed by atoms with Crippen molar-refractivity contribution < 1.29 is 4.92 Å². The Morgan fingerprint density at radius 1 is 0.964 bits per heavy atom. The second-order valence-corrected chi connectivity index (χ2v) is 5.81. The summed E-state index contributed by atoms with van der Waals surface area (Å²) in [7, 11) is 0. The van der Waals surface area contributed by atoms with Gasteiger partial charge in [-0.1, -0.05) is 12.1 Å². The van der Waals surface area contributed by atoms with E-state index in [4.69, 9.17) is 0 Å². The second kappa shape index (κ2) is 6.05. The highest BCUT2D eigenvalue weighted by atomic mass is 16.6. The fourth-order valence-electron chi connectivity index (χ4n) is 2.74. The summed E-state index contributed by atoms with van der Waals surface area (Å²) in [6.07, 6.45) is 0. The van der Waals surface area contributed by atoms with E-state index in [1.165, 1.54) is 16.8 Å². The average molecular weight is 374 g/mol. The first-order valence-corrected chi connectivity index (χ1v) is 8.10. The SMILES string of the molecule is O=[N+]([O-])c1ccc(NNc2c3nc4ccccc4nc3nn3nnnc23)cc1. The van der Waals surface area contributed by atoms with Gasteiger partial charge < -0.3 is 5.43 Å². The molecule has 5 aromatic rings. The van der Waals surface area contributed by atoms with E-state index in [0.717, 1.165) is 0 Å². The Labute approximate surface area is 155 Å². The van der Waals surface area contributed by atoms with Crippen molar-refractivity contribution in [1.82, 2.24) is 35.2 Å². The Morgan fingerprint density at radius 3 is 2.46 bits per heavy atom. The lowest BCUT2D eigenvalue weighted by Gasteiger charge is -2.11. The molecule has 0 bridgehead atoms. The third kappa shape index (κ3) is 2.56. The van der Waals surface area contributed by atoms with Crippen LogP contribution >= 0.6 is 0 Å². The number of fused-ring (bicyclic) bond motifs is 3. The molecule has 0 aliphatic carbocycles. The number of rotatable bonds is 4. The van der Waals surface area contributed by atoms with E-state index in [-0.39, 0.29) is 5.69 Å². The van der Waals surface area contributed by atoms with Crippen molar-refractivity contribution in [2.75, 3.05) is 10.9 Å². The smallest absolute Gasteiger partial charge is 0.269 e. The maximum absolute atomic E-state index is 10.8. The van der Waals surface area contributed by atoms with Crippen LogP contribution in [-0.4, -0.2) is 40.1 Å². The van der Waals surface area contributed by atoms with Crippen molar-refractivity contribution in [3.8, 4) is 0 Å². The lowest BCUT2D eigenvalue weighted by molar-refractivity contribution is -0.384. The van der Waals surface area contributed by atoms with Crippen LogP contribution in [0.3, 0.4) is 0 Å². The van der Waals surface area contributed by atoms with Gasteiger partial charge in [0.2, 0.25) is 11.3 Å². The summed E-state index contributed by atoms with van der Waals surface area (Å²) in [6, 6.07) is 13.4. The molecule has 12 heteroatoms. The van der Waals surface area contributed by atoms with Gasteiger partial charge in [-0.2, -0.15) is 0 Å². The minimum Gasteiger partial charge on any atom is -0.301 e. The third-order valence-corrected chi connectivity index (χ3v) is 4.07. The molecule has 3 aromatic heterocycles. The van der Waals surface area contributed by atoms with Gasteiger partial charge in [-0.3, -0.25) is 15.5 Å². The Balaban J connectivity index is 1.60. The fourth-order valence-corrected chi connectivity index (χ4v) is 2.74. The number of nitrogens with one attached hydrogen (secondary N) is 2. The molecule has 12 nitrogen and oxygen atoms in total. The van der Waals surface area contributed by atoms with E-state index in [1.54, 1.807) is 12.1 Å². The molecule has 0 amide bonds. The monoisotopic (exact) mass is 374 g/mol. The Morgan fingerprint density at radius 2 is 1.71 bits per heavy atom. The molecule has 0 fully saturated rings. The first kappa shape index (κ1) is 15.7. The molecule has 2 aromatic carbocycles. The Kier molecular flexibility index (Phi) is 3.40. The number of aromatic nitrogens is 7. The van der Waals surface area contributed by atoms with Crippen LogP contribution in [-0.2, 0) is 0 Å². The van der Waals surface area contributed by atoms with Gasteiger partial charge in [0.1, 0.15) is 11.2 Å². The Hall–Kier alpha value is -4.48. The summed E-state index contributed by atoms with van der Waals surface area (Å²) in [5, 5.41) is 26.5. The van der Waals surface area contributed by atoms with E-state index >= 15 is 0 Å². The topological polar surface area (TPSA) is 149 Å². The lowest BCUT2D eigenvalue weighted by atomic mass is 10.3. The number of hydrogen-bond acceptors (Lipinski definition) is 10. The largest absolute Gasteiger partial charge is 0.301 e. The predicted molar refractivity (Wildman–Crippen MR) is 99.5 cm³/mol. The molecule has 3 heterocycles. The summed E-state index contributed by atoms with van der Waals surface area (Å²) < 4.78 is 1.26. The van der Waals surface area contributed by atoms with Gasteiger partial charge in [0.25, 0.3) is 5.69 Å². The molecule has 2 N–H and O–H groups in total. The molecule has 0 saturated heterocycles. The van der Waals surface area contributed by atoms with Crippen LogP contribution in [0.1, 0.15) is 0 Å². The molecule has 28 heavy (non-hydrogen) atoms. The van der Waals surface area contributed by atoms with Gasteiger partial charge in [0.15, 0.2) is 0 Å². The van der Waals surface area contributed by atoms with Gasteiger partial charge in [-0.05, 0) is 34.7 Å². The number of nitrogens with zero attached hydrogens (tertiary/aromatic N) is 8. The van der Waals surface area contributed by atoms with Crippen LogP contribution in [0.15, 0.2) is 48.5 Å². The number of anilines is 2. The van der Waals surface area contributed by atoms with Crippen LogP contribution in [0.5, 0.6) is 0 Å². The molecule has 0 aliphatic rings. The number of nitro benzene ring substituents is 1. The minimum absolute atomic E-state index is 0.00120. The molecule has 136 valence electrons. The molecule has 0 unspecified atom stereocenters. The third-order valence-electron chi connectivity index (χ3n) is 4.07. The van der Waals surface area contributed by atoms with E-state index in [2.05, 4.69) is 41.4 Å². The van der Waals surface area contributed by atoms with Crippen LogP contribution in [0, 0.1) is 10.1 Å². The quantitative estimate of drug-likeness (QED) is 0.271. The maximum atomic E-state index is 10.8. The normalized spacial score (nSPS) is 11.1. The summed E-state index contributed by atoms with van der Waals surface area (Å²) in [6.45, 7) is 0. The van der Waals surface area contributed by atoms with Crippen molar-refractivity contribution in [3.63, 3.8) is 0 Å². The molecule has 0 atom stereocenters. The molecular weight excluding hydrogens is 364 g/mol. The fraction of sp³-hybridized carbons (Fsp3) is 0. The zero-order chi connectivity index (χ0) is 19.1. The van der Waals surface area contributed by atoms with E-state index < -0.39 is 4.92 Å². The van der Waals surface area contributed by atoms with Crippen LogP contribution in [0.2, 0.25) is 0 Å². The zero-order valence-corrected chi connectivity index (χ0v) is 14.0. The zero-order valence-electron chi connectivity index (χ0n) is 14.0. The van der Waals surface area contributed by atoms with E-state index in [9.17, 15) is 10.1 Å². The highest BCUT2D eigenvalue weighted by molar-refractivity contribution is 5.96. The second-order valence-electron chi connectivity index (χ2n) is 5.81. The summed E-state index contributed by atoms with van der Waals surface area (Å²) in [5.74, 6) is 0. The minimum atomic E-state index is -0.459. The molecule has 0 radical (unpaired) electrons. The molecule has 0 aliphatic heterocycles. The van der Waals surface area contributed by atoms with Crippen molar-refractivity contribution in [1.29, 1.82) is 0 Å². The highest BCUT2D eigenvalue weighted by Crippen LogP contribution is 2.25. The molecule has 5 rings (SSSR count). The summed E-state index contributed by atoms with van der Waals surface area (Å²) >= 11 is 0. The molecule has 0 saturated carbocycles. The average Bonchev–Trinajstić information content (AvgIpc) is 3.18. The van der Waals surface area contributed by atoms with E-state index in [0.29, 0.717) is 39.2 Å². The van der Waals surface area contributed by atoms with Gasteiger partial charge >= 0.3 is 0 Å². The molecular formula is C16H10N10O2. The first-order valence-electron chi connectivity index (χ1n) is 8.10. The van der Waals surface area contributed by atoms with Gasteiger partial charge in [0.05, 0.1) is 21.6 Å². The highest BCUT2D eigenvalue weighted by Gasteiger charge is 2.16.